The number of para-hydroxylation sites is 3. The van der Waals surface area contributed by atoms with E-state index in [9.17, 15) is 9.59 Å². The molecule has 1 saturated carbocycles. The number of rotatable bonds is 7. The molecule has 0 heterocycles. The lowest BCUT2D eigenvalue weighted by molar-refractivity contribution is -0.122. The van der Waals surface area contributed by atoms with E-state index < -0.39 is 0 Å². The molecule has 2 amide bonds. The Hall–Kier alpha value is -2.82. The average molecular weight is 366 g/mol. The van der Waals surface area contributed by atoms with E-state index in [2.05, 4.69) is 24.5 Å². The number of carbonyl (C=O) groups excluding carboxylic acids is 2. The van der Waals surface area contributed by atoms with Crippen LogP contribution in [0.5, 0.6) is 5.75 Å². The molecule has 0 radical (unpaired) electrons. The summed E-state index contributed by atoms with van der Waals surface area (Å²) in [7, 11) is 0. The zero-order chi connectivity index (χ0) is 19.4. The van der Waals surface area contributed by atoms with Gasteiger partial charge in [0.15, 0.2) is 0 Å². The van der Waals surface area contributed by atoms with Gasteiger partial charge in [0.2, 0.25) is 11.8 Å². The molecule has 0 aromatic heterocycles. The van der Waals surface area contributed by atoms with Gasteiger partial charge >= 0.3 is 0 Å². The van der Waals surface area contributed by atoms with Crippen molar-refractivity contribution in [2.45, 2.75) is 33.1 Å². The molecule has 1 aliphatic rings. The fraction of sp³-hybridized carbons (Fsp3) is 0.364. The molecule has 27 heavy (non-hydrogen) atoms. The molecule has 0 spiro atoms. The van der Waals surface area contributed by atoms with E-state index in [-0.39, 0.29) is 23.7 Å². The largest absolute Gasteiger partial charge is 0.492 e. The lowest BCUT2D eigenvalue weighted by atomic mass is 10.0. The van der Waals surface area contributed by atoms with Crippen molar-refractivity contribution in [3.63, 3.8) is 0 Å². The Balaban J connectivity index is 1.61. The van der Waals surface area contributed by atoms with Crippen molar-refractivity contribution in [1.29, 1.82) is 0 Å². The van der Waals surface area contributed by atoms with Gasteiger partial charge in [-0.3, -0.25) is 9.59 Å². The second-order valence-corrected chi connectivity index (χ2v) is 7.10. The first-order valence-electron chi connectivity index (χ1n) is 9.43. The highest BCUT2D eigenvalue weighted by molar-refractivity contribution is 6.04. The first-order chi connectivity index (χ1) is 13.0. The van der Waals surface area contributed by atoms with E-state index in [1.807, 2.05) is 49.4 Å². The van der Waals surface area contributed by atoms with Gasteiger partial charge in [-0.25, -0.2) is 0 Å². The number of anilines is 2. The number of benzene rings is 2. The summed E-state index contributed by atoms with van der Waals surface area (Å²) < 4.78 is 5.53. The Morgan fingerprint density at radius 1 is 0.963 bits per heavy atom. The second kappa shape index (κ2) is 8.25. The third kappa shape index (κ3) is 4.48. The van der Waals surface area contributed by atoms with Gasteiger partial charge in [0.25, 0.3) is 0 Å². The Kier molecular flexibility index (Phi) is 5.79. The molecule has 0 bridgehead atoms. The summed E-state index contributed by atoms with van der Waals surface area (Å²) in [4.78, 5) is 25.1. The first-order valence-corrected chi connectivity index (χ1v) is 9.43. The molecule has 3 rings (SSSR count). The van der Waals surface area contributed by atoms with Crippen LogP contribution in [-0.2, 0) is 9.59 Å². The molecule has 142 valence electrons. The zero-order valence-corrected chi connectivity index (χ0v) is 16.0. The van der Waals surface area contributed by atoms with Crippen LogP contribution in [0.4, 0.5) is 11.4 Å². The van der Waals surface area contributed by atoms with Gasteiger partial charge in [-0.05, 0) is 43.0 Å². The normalized spacial score (nSPS) is 18.1. The van der Waals surface area contributed by atoms with Crippen LogP contribution < -0.4 is 15.4 Å². The van der Waals surface area contributed by atoms with Crippen molar-refractivity contribution in [3.8, 4) is 5.75 Å². The highest BCUT2D eigenvalue weighted by Crippen LogP contribution is 2.41. The lowest BCUT2D eigenvalue weighted by Gasteiger charge is -2.14. The molecule has 1 aliphatic carbocycles. The highest BCUT2D eigenvalue weighted by atomic mass is 16.5. The van der Waals surface area contributed by atoms with E-state index in [0.29, 0.717) is 30.4 Å². The topological polar surface area (TPSA) is 67.4 Å². The minimum atomic E-state index is -0.300. The maximum Gasteiger partial charge on any atom is 0.228 e. The third-order valence-electron chi connectivity index (χ3n) is 4.75. The number of carbonyl (C=O) groups is 2. The summed E-state index contributed by atoms with van der Waals surface area (Å²) in [6.45, 7) is 6.60. The summed E-state index contributed by atoms with van der Waals surface area (Å²) in [5.41, 5.74) is 2.56. The van der Waals surface area contributed by atoms with Crippen LogP contribution in [0.2, 0.25) is 0 Å². The fourth-order valence-corrected chi connectivity index (χ4v) is 3.19. The fourth-order valence-electron chi connectivity index (χ4n) is 3.19. The van der Waals surface area contributed by atoms with Crippen LogP contribution in [-0.4, -0.2) is 18.4 Å². The number of hydrogen-bond donors (Lipinski definition) is 2. The molecule has 2 aromatic rings. The van der Waals surface area contributed by atoms with Crippen LogP contribution in [0.15, 0.2) is 48.5 Å². The van der Waals surface area contributed by atoms with E-state index in [4.69, 9.17) is 4.74 Å². The molecule has 0 aliphatic heterocycles. The van der Waals surface area contributed by atoms with Gasteiger partial charge in [-0.1, -0.05) is 44.2 Å². The molecule has 1 fully saturated rings. The predicted octanol–water partition coefficient (Wildman–Crippen LogP) is 4.42. The summed E-state index contributed by atoms with van der Waals surface area (Å²) in [6.07, 6.45) is 0.568. The standard InChI is InChI=1S/C22H26N2O3/c1-4-27-20-12-8-7-11-19(20)24-22(26)17-13-16(17)21(25)23-18-10-6-5-9-15(18)14(2)3/h5-12,14,16-17H,4,13H2,1-3H3,(H,23,25)(H,24,26). The molecule has 5 nitrogen and oxygen atoms in total. The predicted molar refractivity (Wildman–Crippen MR) is 107 cm³/mol. The minimum Gasteiger partial charge on any atom is -0.492 e. The molecular weight excluding hydrogens is 340 g/mol. The highest BCUT2D eigenvalue weighted by Gasteiger charge is 2.48. The molecule has 2 aromatic carbocycles. The van der Waals surface area contributed by atoms with Gasteiger partial charge in [0.1, 0.15) is 5.75 Å². The van der Waals surface area contributed by atoms with Crippen molar-refractivity contribution in [3.05, 3.63) is 54.1 Å². The van der Waals surface area contributed by atoms with Crippen LogP contribution in [0, 0.1) is 11.8 Å². The molecule has 2 atom stereocenters. The van der Waals surface area contributed by atoms with Gasteiger partial charge < -0.3 is 15.4 Å². The number of nitrogens with one attached hydrogen (secondary N) is 2. The monoisotopic (exact) mass is 366 g/mol. The maximum absolute atomic E-state index is 12.6. The zero-order valence-electron chi connectivity index (χ0n) is 16.0. The maximum atomic E-state index is 12.6. The van der Waals surface area contributed by atoms with Gasteiger partial charge in [0.05, 0.1) is 24.1 Å². The Labute approximate surface area is 160 Å². The van der Waals surface area contributed by atoms with Gasteiger partial charge in [0, 0.05) is 5.69 Å². The molecule has 5 heteroatoms. The van der Waals surface area contributed by atoms with E-state index >= 15 is 0 Å². The quantitative estimate of drug-likeness (QED) is 0.762. The Morgan fingerprint density at radius 2 is 1.52 bits per heavy atom. The summed E-state index contributed by atoms with van der Waals surface area (Å²) in [5, 5.41) is 5.88. The number of hydrogen-bond acceptors (Lipinski definition) is 3. The third-order valence-corrected chi connectivity index (χ3v) is 4.75. The number of ether oxygens (including phenoxy) is 1. The van der Waals surface area contributed by atoms with Crippen molar-refractivity contribution in [2.75, 3.05) is 17.2 Å². The smallest absolute Gasteiger partial charge is 0.228 e. The Bertz CT molecular complexity index is 832. The molecule has 0 saturated heterocycles. The van der Waals surface area contributed by atoms with Crippen molar-refractivity contribution >= 4 is 23.2 Å². The minimum absolute atomic E-state index is 0.0960. The van der Waals surface area contributed by atoms with Gasteiger partial charge in [-0.2, -0.15) is 0 Å². The summed E-state index contributed by atoms with van der Waals surface area (Å²) in [6, 6.07) is 15.1. The molecule has 2 unspecified atom stereocenters. The van der Waals surface area contributed by atoms with Crippen LogP contribution in [0.3, 0.4) is 0 Å². The molecule has 2 N–H and O–H groups in total. The molecular formula is C22H26N2O3. The second-order valence-electron chi connectivity index (χ2n) is 7.10. The summed E-state index contributed by atoms with van der Waals surface area (Å²) >= 11 is 0. The van der Waals surface area contributed by atoms with Crippen molar-refractivity contribution in [2.24, 2.45) is 11.8 Å². The van der Waals surface area contributed by atoms with E-state index in [1.165, 1.54) is 0 Å². The average Bonchev–Trinajstić information content (AvgIpc) is 3.45. The van der Waals surface area contributed by atoms with E-state index in [0.717, 1.165) is 11.3 Å². The van der Waals surface area contributed by atoms with Crippen LogP contribution >= 0.6 is 0 Å². The van der Waals surface area contributed by atoms with Gasteiger partial charge in [-0.15, -0.1) is 0 Å². The summed E-state index contributed by atoms with van der Waals surface area (Å²) in [5.74, 6) is 0.131. The lowest BCUT2D eigenvalue weighted by Crippen LogP contribution is -2.21. The Morgan fingerprint density at radius 3 is 2.15 bits per heavy atom. The SMILES string of the molecule is CCOc1ccccc1NC(=O)C1CC1C(=O)Nc1ccccc1C(C)C. The van der Waals surface area contributed by atoms with Crippen molar-refractivity contribution in [1.82, 2.24) is 0 Å². The van der Waals surface area contributed by atoms with E-state index in [1.54, 1.807) is 6.07 Å². The number of amides is 2. The van der Waals surface area contributed by atoms with Crippen molar-refractivity contribution < 1.29 is 14.3 Å². The van der Waals surface area contributed by atoms with Crippen LogP contribution in [0.1, 0.15) is 38.7 Å². The van der Waals surface area contributed by atoms with Crippen LogP contribution in [0.25, 0.3) is 0 Å². The first kappa shape index (κ1) is 19.0.